The number of hydrogen-bond acceptors (Lipinski definition) is 6. The van der Waals surface area contributed by atoms with Gasteiger partial charge in [0.1, 0.15) is 24.7 Å². The highest BCUT2D eigenvalue weighted by Gasteiger charge is 2.19. The van der Waals surface area contributed by atoms with Crippen molar-refractivity contribution >= 4 is 5.91 Å². The van der Waals surface area contributed by atoms with Crippen LogP contribution in [0.25, 0.3) is 16.8 Å². The summed E-state index contributed by atoms with van der Waals surface area (Å²) in [5, 5.41) is 4.21. The monoisotopic (exact) mass is 442 g/mol. The maximum absolute atomic E-state index is 12.8. The summed E-state index contributed by atoms with van der Waals surface area (Å²) < 4.78 is 31.4. The molecular weight excluding hydrogens is 419 g/mol. The summed E-state index contributed by atoms with van der Waals surface area (Å²) in [4.78, 5) is 26.4. The lowest BCUT2D eigenvalue weighted by Crippen LogP contribution is -2.43. The molecule has 0 N–H and O–H groups in total. The first-order valence-electron chi connectivity index (χ1n) is 10.1. The number of alkyl halides is 1. The Balaban J connectivity index is 1.61. The molecule has 1 aromatic carbocycles. The summed E-state index contributed by atoms with van der Waals surface area (Å²) in [6.07, 6.45) is 5.18. The number of ether oxygens (including phenoxy) is 3. The molecule has 1 aliphatic rings. The first-order chi connectivity index (χ1) is 15.5. The van der Waals surface area contributed by atoms with Crippen LogP contribution < -0.4 is 15.0 Å². The molecule has 0 unspecified atom stereocenters. The second-order valence-electron chi connectivity index (χ2n) is 7.19. The summed E-state index contributed by atoms with van der Waals surface area (Å²) in [6.45, 7) is 0.795. The Labute approximate surface area is 183 Å². The van der Waals surface area contributed by atoms with Gasteiger partial charge in [-0.05, 0) is 24.3 Å². The number of pyridine rings is 1. The average molecular weight is 442 g/mol. The first kappa shape index (κ1) is 21.6. The van der Waals surface area contributed by atoms with Crippen LogP contribution in [-0.2, 0) is 16.6 Å². The first-order valence-corrected chi connectivity index (χ1v) is 10.1. The number of aromatic nitrogens is 3. The van der Waals surface area contributed by atoms with E-state index in [1.807, 2.05) is 6.20 Å². The zero-order valence-electron chi connectivity index (χ0n) is 17.6. The molecule has 0 aliphatic carbocycles. The third kappa shape index (κ3) is 4.80. The summed E-state index contributed by atoms with van der Waals surface area (Å²) in [5.74, 6) is 0.690. The molecule has 1 saturated heterocycles. The molecule has 32 heavy (non-hydrogen) atoms. The minimum Gasteiger partial charge on any atom is -0.491 e. The Hall–Kier alpha value is -3.66. The van der Waals surface area contributed by atoms with Crippen molar-refractivity contribution in [3.05, 3.63) is 59.3 Å². The van der Waals surface area contributed by atoms with E-state index < -0.39 is 6.86 Å². The van der Waals surface area contributed by atoms with Gasteiger partial charge in [0.25, 0.3) is 5.56 Å². The van der Waals surface area contributed by atoms with E-state index >= 15 is 0 Å². The van der Waals surface area contributed by atoms with Crippen molar-refractivity contribution in [1.29, 1.82) is 0 Å². The van der Waals surface area contributed by atoms with Crippen molar-refractivity contribution < 1.29 is 23.4 Å². The van der Waals surface area contributed by atoms with Gasteiger partial charge >= 0.3 is 0 Å². The molecule has 3 aromatic rings. The molecule has 0 spiro atoms. The average Bonchev–Trinajstić information content (AvgIpc) is 3.22. The van der Waals surface area contributed by atoms with Crippen LogP contribution in [0.15, 0.2) is 53.7 Å². The third-order valence-electron chi connectivity index (χ3n) is 5.07. The maximum Gasteiger partial charge on any atom is 0.258 e. The van der Waals surface area contributed by atoms with E-state index in [-0.39, 0.29) is 24.7 Å². The number of nitrogens with zero attached hydrogens (tertiary/aromatic N) is 4. The van der Waals surface area contributed by atoms with Crippen LogP contribution in [0.4, 0.5) is 4.39 Å². The van der Waals surface area contributed by atoms with Crippen LogP contribution in [-0.4, -0.2) is 64.9 Å². The van der Waals surface area contributed by atoms with Crippen LogP contribution in [0.1, 0.15) is 0 Å². The zero-order valence-corrected chi connectivity index (χ0v) is 17.6. The molecule has 1 fully saturated rings. The Morgan fingerprint density at radius 2 is 1.97 bits per heavy atom. The number of aryl methyl sites for hydroxylation is 1. The minimum atomic E-state index is -0.924. The molecule has 1 aliphatic heterocycles. The smallest absolute Gasteiger partial charge is 0.258 e. The molecule has 10 heteroatoms. The normalized spacial score (nSPS) is 13.9. The quantitative estimate of drug-likeness (QED) is 0.529. The number of morpholine rings is 1. The Bertz CT molecular complexity index is 1140. The van der Waals surface area contributed by atoms with Gasteiger partial charge in [-0.15, -0.1) is 0 Å². The van der Waals surface area contributed by atoms with Crippen molar-refractivity contribution in [2.75, 3.05) is 39.8 Å². The fourth-order valence-electron chi connectivity index (χ4n) is 3.43. The van der Waals surface area contributed by atoms with E-state index in [0.29, 0.717) is 42.4 Å². The predicted octanol–water partition coefficient (Wildman–Crippen LogP) is 1.78. The number of carbonyl (C=O) groups is 1. The van der Waals surface area contributed by atoms with E-state index in [2.05, 4.69) is 5.10 Å². The van der Waals surface area contributed by atoms with Gasteiger partial charge < -0.3 is 19.1 Å². The van der Waals surface area contributed by atoms with Gasteiger partial charge in [0.2, 0.25) is 12.8 Å². The molecule has 168 valence electrons. The number of halogens is 1. The van der Waals surface area contributed by atoms with E-state index in [0.717, 1.165) is 5.56 Å². The lowest BCUT2D eigenvalue weighted by molar-refractivity contribution is -0.143. The molecule has 0 atom stereocenters. The summed E-state index contributed by atoms with van der Waals surface area (Å²) in [7, 11) is 1.80. The summed E-state index contributed by atoms with van der Waals surface area (Å²) in [5.41, 5.74) is 1.75. The molecule has 0 bridgehead atoms. The number of amides is 1. The highest BCUT2D eigenvalue weighted by Crippen LogP contribution is 2.29. The van der Waals surface area contributed by atoms with Gasteiger partial charge in [-0.1, -0.05) is 0 Å². The van der Waals surface area contributed by atoms with Gasteiger partial charge in [0.15, 0.2) is 0 Å². The minimum absolute atomic E-state index is 0.0755. The van der Waals surface area contributed by atoms with Crippen molar-refractivity contribution in [3.8, 4) is 28.3 Å². The molecule has 1 amide bonds. The van der Waals surface area contributed by atoms with Crippen LogP contribution in [0.5, 0.6) is 11.5 Å². The summed E-state index contributed by atoms with van der Waals surface area (Å²) in [6, 6.07) is 7.94. The number of benzene rings is 1. The van der Waals surface area contributed by atoms with E-state index in [9.17, 15) is 14.0 Å². The highest BCUT2D eigenvalue weighted by molar-refractivity contribution is 5.78. The lowest BCUT2D eigenvalue weighted by atomic mass is 10.1. The molecule has 4 rings (SSSR count). The fraction of sp³-hybridized carbons (Fsp3) is 0.318. The SMILES string of the molecule is Cn1cc(-c2cn(-c3ccc(OCF)cc3)c(=O)cc2OCCN2CCOCC2=O)cn1. The highest BCUT2D eigenvalue weighted by atomic mass is 19.1. The Kier molecular flexibility index (Phi) is 6.50. The lowest BCUT2D eigenvalue weighted by Gasteiger charge is -2.26. The maximum atomic E-state index is 12.8. The van der Waals surface area contributed by atoms with Crippen molar-refractivity contribution in [1.82, 2.24) is 19.2 Å². The largest absolute Gasteiger partial charge is 0.491 e. The van der Waals surface area contributed by atoms with E-state index in [1.165, 1.54) is 10.6 Å². The second-order valence-corrected chi connectivity index (χ2v) is 7.19. The second kappa shape index (κ2) is 9.65. The van der Waals surface area contributed by atoms with Crippen molar-refractivity contribution in [2.45, 2.75) is 0 Å². The van der Waals surface area contributed by atoms with Crippen LogP contribution >= 0.6 is 0 Å². The topological polar surface area (TPSA) is 87.8 Å². The van der Waals surface area contributed by atoms with Gasteiger partial charge in [-0.3, -0.25) is 18.8 Å². The molecule has 3 heterocycles. The number of hydrogen-bond donors (Lipinski definition) is 0. The number of carbonyl (C=O) groups excluding carboxylic acids is 1. The Morgan fingerprint density at radius 3 is 2.66 bits per heavy atom. The van der Waals surface area contributed by atoms with Crippen molar-refractivity contribution in [2.24, 2.45) is 7.05 Å². The van der Waals surface area contributed by atoms with Gasteiger partial charge in [0.05, 0.1) is 19.3 Å². The molecule has 0 radical (unpaired) electrons. The van der Waals surface area contributed by atoms with Crippen LogP contribution in [0, 0.1) is 0 Å². The predicted molar refractivity (Wildman–Crippen MR) is 114 cm³/mol. The van der Waals surface area contributed by atoms with E-state index in [1.54, 1.807) is 53.3 Å². The number of rotatable bonds is 8. The van der Waals surface area contributed by atoms with Crippen LogP contribution in [0.3, 0.4) is 0 Å². The van der Waals surface area contributed by atoms with Crippen LogP contribution in [0.2, 0.25) is 0 Å². The fourth-order valence-corrected chi connectivity index (χ4v) is 3.43. The van der Waals surface area contributed by atoms with Crippen molar-refractivity contribution in [3.63, 3.8) is 0 Å². The molecular formula is C22H23FN4O5. The molecule has 0 saturated carbocycles. The molecule has 9 nitrogen and oxygen atoms in total. The van der Waals surface area contributed by atoms with Gasteiger partial charge in [-0.25, -0.2) is 4.39 Å². The summed E-state index contributed by atoms with van der Waals surface area (Å²) >= 11 is 0. The zero-order chi connectivity index (χ0) is 22.5. The standard InChI is InChI=1S/C22H23FN4O5/c1-25-12-16(11-24-25)19-13-27(17-2-4-18(5-3-17)32-15-23)21(28)10-20(19)31-9-7-26-6-8-30-14-22(26)29/h2-5,10-13H,6-9,14-15H2,1H3. The third-order valence-corrected chi connectivity index (χ3v) is 5.07. The molecule has 2 aromatic heterocycles. The van der Waals surface area contributed by atoms with E-state index in [4.69, 9.17) is 14.2 Å². The Morgan fingerprint density at radius 1 is 1.16 bits per heavy atom. The van der Waals surface area contributed by atoms with Gasteiger partial charge in [-0.2, -0.15) is 5.10 Å². The van der Waals surface area contributed by atoms with Gasteiger partial charge in [0, 0.05) is 48.9 Å².